The van der Waals surface area contributed by atoms with Gasteiger partial charge in [0.25, 0.3) is 5.91 Å². The number of ether oxygens (including phenoxy) is 3. The van der Waals surface area contributed by atoms with E-state index in [1.54, 1.807) is 24.5 Å². The minimum atomic E-state index is -0.920. The van der Waals surface area contributed by atoms with Crippen LogP contribution in [0.15, 0.2) is 102 Å². The Morgan fingerprint density at radius 1 is 0.758 bits per heavy atom. The summed E-state index contributed by atoms with van der Waals surface area (Å²) in [7, 11) is 2.59. The summed E-state index contributed by atoms with van der Waals surface area (Å²) in [5, 5.41) is 9.83. The Hall–Kier alpha value is -7.13. The van der Waals surface area contributed by atoms with Gasteiger partial charge in [0.05, 0.1) is 43.0 Å². The molecule has 6 heterocycles. The molecule has 3 saturated heterocycles. The number of likely N-dealkylation sites (tertiary alicyclic amines) is 2. The predicted octanol–water partition coefficient (Wildman–Crippen LogP) is 8.02. The summed E-state index contributed by atoms with van der Waals surface area (Å²) < 4.78 is 15.3. The summed E-state index contributed by atoms with van der Waals surface area (Å²) >= 11 is 0. The number of hydrogen-bond donors (Lipinski definition) is 3. The highest BCUT2D eigenvalue weighted by Crippen LogP contribution is 2.37. The van der Waals surface area contributed by atoms with Crippen molar-refractivity contribution in [3.8, 4) is 11.1 Å². The second-order valence-electron chi connectivity index (χ2n) is 17.5. The molecule has 66 heavy (non-hydrogen) atoms. The number of benzene rings is 4. The molecule has 0 radical (unpaired) electrons. The number of H-pyrrole nitrogens is 1. The lowest BCUT2D eigenvalue weighted by Crippen LogP contribution is -2.53. The lowest BCUT2D eigenvalue weighted by atomic mass is 9.90. The molecule has 2 aromatic heterocycles. The van der Waals surface area contributed by atoms with E-state index in [-0.39, 0.29) is 29.8 Å². The van der Waals surface area contributed by atoms with E-state index in [4.69, 9.17) is 24.2 Å². The van der Waals surface area contributed by atoms with Crippen LogP contribution < -0.4 is 10.6 Å². The van der Waals surface area contributed by atoms with Crippen molar-refractivity contribution in [3.63, 3.8) is 0 Å². The fraction of sp³-hybridized carbons (Fsp3) is 0.353. The van der Waals surface area contributed by atoms with Crippen molar-refractivity contribution in [3.05, 3.63) is 114 Å². The molecule has 4 amide bonds. The molecule has 0 saturated carbocycles. The maximum Gasteiger partial charge on any atom is 0.407 e. The van der Waals surface area contributed by atoms with Gasteiger partial charge in [-0.05, 0) is 102 Å². The zero-order chi connectivity index (χ0) is 45.3. The number of pyridine rings is 1. The van der Waals surface area contributed by atoms with Crippen molar-refractivity contribution in [2.75, 3.05) is 40.5 Å². The first kappa shape index (κ1) is 42.8. The second-order valence-corrected chi connectivity index (χ2v) is 17.5. The number of aromatic nitrogens is 3. The second kappa shape index (κ2) is 18.4. The molecule has 10 rings (SSSR count). The number of carbonyl (C=O) groups excluding carboxylic acids is 4. The first-order valence-electron chi connectivity index (χ1n) is 22.8. The topological polar surface area (TPSA) is 180 Å². The van der Waals surface area contributed by atoms with Crippen LogP contribution in [0.1, 0.15) is 74.0 Å². The number of imidazole rings is 1. The number of aromatic amines is 1. The third-order valence-corrected chi connectivity index (χ3v) is 13.7. The van der Waals surface area contributed by atoms with Gasteiger partial charge < -0.3 is 39.6 Å². The number of nitrogens with zero attached hydrogens (tertiary/aromatic N) is 5. The largest absolute Gasteiger partial charge is 0.453 e. The molecule has 4 atom stereocenters. The molecule has 4 aliphatic rings. The number of carbonyl (C=O) groups is 4. The molecule has 0 bridgehead atoms. The van der Waals surface area contributed by atoms with E-state index in [2.05, 4.69) is 93.4 Å². The van der Waals surface area contributed by atoms with Gasteiger partial charge in [-0.25, -0.2) is 14.6 Å². The summed E-state index contributed by atoms with van der Waals surface area (Å²) in [6.45, 7) is 2.27. The number of amides is 4. The zero-order valence-electron chi connectivity index (χ0n) is 37.0. The lowest BCUT2D eigenvalue weighted by Gasteiger charge is -2.34. The summed E-state index contributed by atoms with van der Waals surface area (Å²) in [5.41, 5.74) is 7.37. The van der Waals surface area contributed by atoms with E-state index in [1.807, 2.05) is 9.80 Å². The van der Waals surface area contributed by atoms with Gasteiger partial charge in [0.15, 0.2) is 0 Å². The van der Waals surface area contributed by atoms with Gasteiger partial charge in [-0.15, -0.1) is 0 Å². The molecule has 338 valence electrons. The van der Waals surface area contributed by atoms with E-state index in [0.29, 0.717) is 51.1 Å². The van der Waals surface area contributed by atoms with Crippen molar-refractivity contribution < 1.29 is 33.4 Å². The molecular formula is C51H52N8O7. The van der Waals surface area contributed by atoms with Crippen molar-refractivity contribution >= 4 is 68.0 Å². The Balaban J connectivity index is 0.850. The number of alkyl carbamates (subject to hydrolysis) is 2. The predicted molar refractivity (Wildman–Crippen MR) is 250 cm³/mol. The first-order valence-corrected chi connectivity index (χ1v) is 22.8. The zero-order valence-corrected chi connectivity index (χ0v) is 37.0. The quantitative estimate of drug-likeness (QED) is 0.123. The highest BCUT2D eigenvalue weighted by atomic mass is 16.5. The Bertz CT molecular complexity index is 2910. The number of hydrogen-bond acceptors (Lipinski definition) is 10. The number of fused-ring (bicyclic) bond motifs is 4. The summed E-state index contributed by atoms with van der Waals surface area (Å²) in [4.78, 5) is 74.4. The molecule has 4 aliphatic heterocycles. The molecule has 0 aliphatic carbocycles. The minimum Gasteiger partial charge on any atom is -0.453 e. The number of rotatable bonds is 10. The van der Waals surface area contributed by atoms with Gasteiger partial charge in [0.1, 0.15) is 17.9 Å². The van der Waals surface area contributed by atoms with Gasteiger partial charge in [-0.1, -0.05) is 54.6 Å². The maximum atomic E-state index is 14.1. The monoisotopic (exact) mass is 888 g/mol. The SMILES string of the molecule is COC(=O)NC(C(=O)N1CCC[C@H]1C1=NC(c2ccc3cc(-c4ccc5c(ccc6[nH]c([C@@H]7CCCN7C(=O)C(NC(=O)OC)C7CCOCC7)nc65)c4)ccc3c2)=CC1)c1cccnc1. The van der Waals surface area contributed by atoms with Crippen LogP contribution in [0, 0.1) is 5.92 Å². The normalized spacial score (nSPS) is 19.7. The molecule has 3 N–H and O–H groups in total. The third kappa shape index (κ3) is 8.34. The van der Waals surface area contributed by atoms with E-state index < -0.39 is 24.3 Å². The first-order chi connectivity index (χ1) is 32.3. The molecule has 15 nitrogen and oxygen atoms in total. The fourth-order valence-corrected chi connectivity index (χ4v) is 10.2. The standard InChI is InChI=1S/C51H52N8O7/c1-64-50(62)56-44(30-19-24-66-25-20-30)48(60)59-23-5-8-43(59)47-54-41-16-14-35-27-34(13-15-38(35)46(41)55-47)31-9-10-33-28-36(12-11-32(33)26-31)39-17-18-40(53-39)42-7-4-22-58(42)49(61)45(57-51(63)65-2)37-6-3-21-52-29-37/h3,6,9-17,21,26-30,42-45H,4-5,7-8,18-20,22-25H2,1-2H3,(H,54,55)(H,56,62)(H,57,63)/t42-,43-,44?,45?/m0/s1. The Kier molecular flexibility index (Phi) is 11.9. The van der Waals surface area contributed by atoms with Crippen LogP contribution in [0.3, 0.4) is 0 Å². The molecule has 0 spiro atoms. The Morgan fingerprint density at radius 2 is 1.42 bits per heavy atom. The van der Waals surface area contributed by atoms with Gasteiger partial charge in [-0.2, -0.15) is 0 Å². The van der Waals surface area contributed by atoms with Crippen molar-refractivity contribution in [1.82, 2.24) is 35.4 Å². The fourth-order valence-electron chi connectivity index (χ4n) is 10.2. The average molecular weight is 889 g/mol. The Labute approximate surface area is 381 Å². The molecule has 15 heteroatoms. The maximum absolute atomic E-state index is 14.1. The number of aliphatic imine (C=N–C) groups is 1. The van der Waals surface area contributed by atoms with Crippen LogP contribution in [-0.2, 0) is 23.8 Å². The van der Waals surface area contributed by atoms with E-state index in [1.165, 1.54) is 14.2 Å². The lowest BCUT2D eigenvalue weighted by molar-refractivity contribution is -0.137. The highest BCUT2D eigenvalue weighted by molar-refractivity contribution is 6.06. The van der Waals surface area contributed by atoms with Crippen LogP contribution in [0.2, 0.25) is 0 Å². The highest BCUT2D eigenvalue weighted by Gasteiger charge is 2.41. The van der Waals surface area contributed by atoms with Crippen LogP contribution in [0.5, 0.6) is 0 Å². The molecule has 2 unspecified atom stereocenters. The van der Waals surface area contributed by atoms with Crippen LogP contribution in [0.4, 0.5) is 9.59 Å². The molecule has 6 aromatic rings. The third-order valence-electron chi connectivity index (χ3n) is 13.7. The van der Waals surface area contributed by atoms with E-state index in [0.717, 1.165) is 92.2 Å². The summed E-state index contributed by atoms with van der Waals surface area (Å²) in [5.74, 6) is 0.389. The van der Waals surface area contributed by atoms with Crippen molar-refractivity contribution in [2.24, 2.45) is 10.9 Å². The van der Waals surface area contributed by atoms with Gasteiger partial charge >= 0.3 is 12.2 Å². The summed E-state index contributed by atoms with van der Waals surface area (Å²) in [6.07, 6.45) is 9.33. The van der Waals surface area contributed by atoms with Crippen LogP contribution >= 0.6 is 0 Å². The van der Waals surface area contributed by atoms with Crippen LogP contribution in [-0.4, -0.2) is 107 Å². The number of nitrogens with one attached hydrogen (secondary N) is 3. The molecule has 3 fully saturated rings. The molecule has 4 aromatic carbocycles. The number of methoxy groups -OCH3 is 2. The van der Waals surface area contributed by atoms with Crippen molar-refractivity contribution in [2.45, 2.75) is 69.1 Å². The van der Waals surface area contributed by atoms with Crippen LogP contribution in [0.25, 0.3) is 49.4 Å². The average Bonchev–Trinajstić information content (AvgIpc) is 4.21. The summed E-state index contributed by atoms with van der Waals surface area (Å²) in [6, 6.07) is 25.0. The van der Waals surface area contributed by atoms with E-state index >= 15 is 0 Å². The smallest absolute Gasteiger partial charge is 0.407 e. The van der Waals surface area contributed by atoms with E-state index in [9.17, 15) is 19.2 Å². The van der Waals surface area contributed by atoms with Gasteiger partial charge in [-0.3, -0.25) is 19.6 Å². The minimum absolute atomic E-state index is 0.0349. The molecular weight excluding hydrogens is 837 g/mol. The van der Waals surface area contributed by atoms with Gasteiger partial charge in [0.2, 0.25) is 5.91 Å². The Morgan fingerprint density at radius 3 is 2.17 bits per heavy atom. The van der Waals surface area contributed by atoms with Crippen molar-refractivity contribution in [1.29, 1.82) is 0 Å². The number of allylic oxidation sites excluding steroid dienone is 1. The van der Waals surface area contributed by atoms with Gasteiger partial charge in [0, 0.05) is 67.3 Å².